The van der Waals surface area contributed by atoms with Crippen LogP contribution in [0, 0.1) is 19.7 Å². The Labute approximate surface area is 114 Å². The van der Waals surface area contributed by atoms with Crippen LogP contribution in [0.4, 0.5) is 4.39 Å². The Morgan fingerprint density at radius 3 is 2.68 bits per heavy atom. The predicted octanol–water partition coefficient (Wildman–Crippen LogP) is 4.30. The number of halogens is 1. The number of rotatable bonds is 2. The predicted molar refractivity (Wildman–Crippen MR) is 76.0 cm³/mol. The van der Waals surface area contributed by atoms with Gasteiger partial charge in [-0.3, -0.25) is 0 Å². The Hall–Kier alpha value is -1.65. The minimum absolute atomic E-state index is 0.267. The zero-order valence-electron chi connectivity index (χ0n) is 10.7. The number of fused-ring (bicyclic) bond motifs is 1. The highest BCUT2D eigenvalue weighted by molar-refractivity contribution is 7.12. The van der Waals surface area contributed by atoms with E-state index in [1.165, 1.54) is 22.6 Å². The Balaban J connectivity index is 2.03. The summed E-state index contributed by atoms with van der Waals surface area (Å²) >= 11 is 1.67. The molecular weight excluding hydrogens is 261 g/mol. The molecule has 0 amide bonds. The summed E-state index contributed by atoms with van der Waals surface area (Å²) < 4.78 is 18.9. The van der Waals surface area contributed by atoms with E-state index in [1.807, 2.05) is 6.07 Å². The highest BCUT2D eigenvalue weighted by Crippen LogP contribution is 2.32. The first-order valence-electron chi connectivity index (χ1n) is 6.06. The molecule has 0 radical (unpaired) electrons. The van der Waals surface area contributed by atoms with E-state index in [0.29, 0.717) is 11.3 Å². The van der Waals surface area contributed by atoms with Gasteiger partial charge in [0.1, 0.15) is 17.2 Å². The van der Waals surface area contributed by atoms with Gasteiger partial charge in [0, 0.05) is 15.1 Å². The Kier molecular flexibility index (Phi) is 2.92. The van der Waals surface area contributed by atoms with E-state index in [2.05, 4.69) is 19.9 Å². The molecule has 98 valence electrons. The Bertz CT molecular complexity index is 724. The summed E-state index contributed by atoms with van der Waals surface area (Å²) in [5.74, 6) is 0.401. The molecule has 0 bridgehead atoms. The van der Waals surface area contributed by atoms with Gasteiger partial charge in [0.2, 0.25) is 0 Å². The third-order valence-corrected chi connectivity index (χ3v) is 4.53. The van der Waals surface area contributed by atoms with Crippen LogP contribution in [0.2, 0.25) is 0 Å². The number of hydrogen-bond donors (Lipinski definition) is 1. The third-order valence-electron chi connectivity index (χ3n) is 3.30. The van der Waals surface area contributed by atoms with Crippen molar-refractivity contribution >= 4 is 22.3 Å². The zero-order valence-corrected chi connectivity index (χ0v) is 11.6. The molecule has 0 spiro atoms. The monoisotopic (exact) mass is 275 g/mol. The highest BCUT2D eigenvalue weighted by Gasteiger charge is 2.17. The fourth-order valence-electron chi connectivity index (χ4n) is 2.08. The number of furan rings is 1. The smallest absolute Gasteiger partial charge is 0.134 e. The number of benzene rings is 1. The Morgan fingerprint density at radius 1 is 1.21 bits per heavy atom. The summed E-state index contributed by atoms with van der Waals surface area (Å²) in [6.07, 6.45) is 0. The van der Waals surface area contributed by atoms with Crippen molar-refractivity contribution in [2.45, 2.75) is 19.9 Å². The lowest BCUT2D eigenvalue weighted by Gasteiger charge is -2.04. The van der Waals surface area contributed by atoms with Crippen LogP contribution in [0.15, 0.2) is 34.7 Å². The summed E-state index contributed by atoms with van der Waals surface area (Å²) in [6.45, 7) is 4.14. The standard InChI is InChI=1S/C15H14FNOS/c1-8-5-14(19-9(8)2)15(17)13-7-10-6-11(16)3-4-12(10)18-13/h3-7,15H,17H2,1-2H3. The molecule has 0 saturated heterocycles. The van der Waals surface area contributed by atoms with Crippen LogP contribution >= 0.6 is 11.3 Å². The SMILES string of the molecule is Cc1cc(C(N)c2cc3cc(F)ccc3o2)sc1C. The van der Waals surface area contributed by atoms with E-state index >= 15 is 0 Å². The van der Waals surface area contributed by atoms with Gasteiger partial charge in [0.25, 0.3) is 0 Å². The molecule has 4 heteroatoms. The molecule has 2 N–H and O–H groups in total. The van der Waals surface area contributed by atoms with Gasteiger partial charge in [-0.15, -0.1) is 11.3 Å². The van der Waals surface area contributed by atoms with E-state index in [0.717, 1.165) is 10.3 Å². The second-order valence-corrected chi connectivity index (χ2v) is 5.98. The summed E-state index contributed by atoms with van der Waals surface area (Å²) in [6, 6.07) is 8.07. The van der Waals surface area contributed by atoms with Crippen molar-refractivity contribution in [2.75, 3.05) is 0 Å². The lowest BCUT2D eigenvalue weighted by Crippen LogP contribution is -2.08. The van der Waals surface area contributed by atoms with Gasteiger partial charge in [-0.2, -0.15) is 0 Å². The van der Waals surface area contributed by atoms with Crippen molar-refractivity contribution in [3.8, 4) is 0 Å². The van der Waals surface area contributed by atoms with Crippen molar-refractivity contribution in [1.82, 2.24) is 0 Å². The summed E-state index contributed by atoms with van der Waals surface area (Å²) in [5, 5.41) is 0.746. The van der Waals surface area contributed by atoms with Crippen molar-refractivity contribution in [3.63, 3.8) is 0 Å². The van der Waals surface area contributed by atoms with Crippen LogP contribution < -0.4 is 5.73 Å². The van der Waals surface area contributed by atoms with Gasteiger partial charge in [-0.25, -0.2) is 4.39 Å². The van der Waals surface area contributed by atoms with Crippen molar-refractivity contribution in [3.05, 3.63) is 57.2 Å². The van der Waals surface area contributed by atoms with E-state index in [-0.39, 0.29) is 11.9 Å². The fraction of sp³-hybridized carbons (Fsp3) is 0.200. The van der Waals surface area contributed by atoms with E-state index < -0.39 is 0 Å². The van der Waals surface area contributed by atoms with Crippen molar-refractivity contribution in [2.24, 2.45) is 5.73 Å². The van der Waals surface area contributed by atoms with E-state index in [1.54, 1.807) is 17.4 Å². The first-order chi connectivity index (χ1) is 9.04. The highest BCUT2D eigenvalue weighted by atomic mass is 32.1. The molecule has 3 aromatic rings. The van der Waals surface area contributed by atoms with Crippen LogP contribution in [-0.4, -0.2) is 0 Å². The fourth-order valence-corrected chi connectivity index (χ4v) is 3.14. The summed E-state index contributed by atoms with van der Waals surface area (Å²) in [5.41, 5.74) is 8.12. The van der Waals surface area contributed by atoms with Gasteiger partial charge < -0.3 is 10.2 Å². The van der Waals surface area contributed by atoms with Gasteiger partial charge >= 0.3 is 0 Å². The van der Waals surface area contributed by atoms with Crippen molar-refractivity contribution in [1.29, 1.82) is 0 Å². The maximum Gasteiger partial charge on any atom is 0.134 e. The van der Waals surface area contributed by atoms with Crippen molar-refractivity contribution < 1.29 is 8.81 Å². The summed E-state index contributed by atoms with van der Waals surface area (Å²) in [4.78, 5) is 2.32. The molecule has 0 fully saturated rings. The molecule has 2 aromatic heterocycles. The first kappa shape index (κ1) is 12.4. The van der Waals surface area contributed by atoms with Gasteiger partial charge in [0.05, 0.1) is 6.04 Å². The quantitative estimate of drug-likeness (QED) is 0.757. The zero-order chi connectivity index (χ0) is 13.6. The van der Waals surface area contributed by atoms with E-state index in [4.69, 9.17) is 10.2 Å². The van der Waals surface area contributed by atoms with Crippen LogP contribution in [0.3, 0.4) is 0 Å². The molecule has 3 rings (SSSR count). The number of nitrogens with two attached hydrogens (primary N) is 1. The van der Waals surface area contributed by atoms with Gasteiger partial charge in [0.15, 0.2) is 0 Å². The van der Waals surface area contributed by atoms with E-state index in [9.17, 15) is 4.39 Å². The Morgan fingerprint density at radius 2 is 2.00 bits per heavy atom. The lowest BCUT2D eigenvalue weighted by molar-refractivity contribution is 0.527. The molecule has 0 saturated carbocycles. The summed E-state index contributed by atoms with van der Waals surface area (Å²) in [7, 11) is 0. The molecule has 19 heavy (non-hydrogen) atoms. The number of aryl methyl sites for hydroxylation is 2. The maximum atomic E-state index is 13.2. The second kappa shape index (κ2) is 4.47. The topological polar surface area (TPSA) is 39.2 Å². The lowest BCUT2D eigenvalue weighted by atomic mass is 10.1. The molecule has 1 unspecified atom stereocenters. The van der Waals surface area contributed by atoms with Crippen LogP contribution in [0.1, 0.15) is 27.1 Å². The van der Waals surface area contributed by atoms with Crippen LogP contribution in [0.25, 0.3) is 11.0 Å². The minimum atomic E-state index is -0.298. The average molecular weight is 275 g/mol. The maximum absolute atomic E-state index is 13.2. The first-order valence-corrected chi connectivity index (χ1v) is 6.88. The van der Waals surface area contributed by atoms with Gasteiger partial charge in [-0.05, 0) is 49.7 Å². The van der Waals surface area contributed by atoms with Gasteiger partial charge in [-0.1, -0.05) is 0 Å². The molecule has 2 heterocycles. The molecule has 1 atom stereocenters. The third kappa shape index (κ3) is 2.17. The molecule has 0 aliphatic rings. The average Bonchev–Trinajstić information content (AvgIpc) is 2.92. The second-order valence-electron chi connectivity index (χ2n) is 4.70. The number of hydrogen-bond acceptors (Lipinski definition) is 3. The van der Waals surface area contributed by atoms with Crippen LogP contribution in [0.5, 0.6) is 0 Å². The molecule has 0 aliphatic carbocycles. The molecule has 0 aliphatic heterocycles. The largest absolute Gasteiger partial charge is 0.459 e. The van der Waals surface area contributed by atoms with Crippen LogP contribution in [-0.2, 0) is 0 Å². The molecule has 2 nitrogen and oxygen atoms in total. The molecule has 1 aromatic carbocycles. The number of thiophene rings is 1. The minimum Gasteiger partial charge on any atom is -0.459 e. The normalized spacial score (nSPS) is 13.1. The molecular formula is C15H14FNOS.